The number of aromatic amines is 1. The zero-order chi connectivity index (χ0) is 14.8. The minimum absolute atomic E-state index is 0.171. The first-order chi connectivity index (χ1) is 10.1. The van der Waals surface area contributed by atoms with Crippen LogP contribution in [0.2, 0.25) is 0 Å². The monoisotopic (exact) mass is 301 g/mol. The van der Waals surface area contributed by atoms with Gasteiger partial charge >= 0.3 is 0 Å². The molecule has 0 radical (unpaired) electrons. The number of nitrogens with zero attached hydrogens (tertiary/aromatic N) is 2. The van der Waals surface area contributed by atoms with Crippen LogP contribution in [0.4, 0.5) is 5.69 Å². The highest BCUT2D eigenvalue weighted by Crippen LogP contribution is 2.20. The Hall–Kier alpha value is -2.41. The number of nitrogens with one attached hydrogen (secondary N) is 2. The number of rotatable bonds is 4. The van der Waals surface area contributed by atoms with Gasteiger partial charge in [0.05, 0.1) is 10.5 Å². The first-order valence-electron chi connectivity index (χ1n) is 6.56. The molecule has 1 amide bonds. The summed E-state index contributed by atoms with van der Waals surface area (Å²) < 4.78 is 0. The van der Waals surface area contributed by atoms with Crippen LogP contribution in [0.3, 0.4) is 0 Å². The maximum Gasteiger partial charge on any atom is 0.272 e. The highest BCUT2D eigenvalue weighted by Gasteiger charge is 2.16. The summed E-state index contributed by atoms with van der Waals surface area (Å²) in [5.41, 5.74) is 7.52. The highest BCUT2D eigenvalue weighted by molar-refractivity contribution is 7.09. The first kappa shape index (κ1) is 13.6. The molecule has 3 rings (SSSR count). The number of carbonyl (C=O) groups is 1. The molecule has 1 unspecified atom stereocenters. The molecule has 3 aromatic rings. The van der Waals surface area contributed by atoms with E-state index in [1.807, 2.05) is 18.4 Å². The first-order valence-corrected chi connectivity index (χ1v) is 7.44. The fourth-order valence-electron chi connectivity index (χ4n) is 2.10. The minimum atomic E-state index is -0.213. The van der Waals surface area contributed by atoms with Gasteiger partial charge in [0.1, 0.15) is 0 Å². The molecule has 0 spiro atoms. The van der Waals surface area contributed by atoms with E-state index in [-0.39, 0.29) is 11.8 Å². The van der Waals surface area contributed by atoms with E-state index in [4.69, 9.17) is 5.73 Å². The van der Waals surface area contributed by atoms with Crippen LogP contribution < -0.4 is 11.1 Å². The third-order valence-corrected chi connectivity index (χ3v) is 4.25. The molecule has 2 heterocycles. The van der Waals surface area contributed by atoms with Crippen molar-refractivity contribution in [3.63, 3.8) is 0 Å². The van der Waals surface area contributed by atoms with Crippen molar-refractivity contribution in [2.45, 2.75) is 12.8 Å². The number of benzene rings is 1. The summed E-state index contributed by atoms with van der Waals surface area (Å²) in [6, 6.07) is 5.33. The van der Waals surface area contributed by atoms with Gasteiger partial charge in [0.25, 0.3) is 5.91 Å². The van der Waals surface area contributed by atoms with Gasteiger partial charge in [-0.3, -0.25) is 9.89 Å². The van der Waals surface area contributed by atoms with Crippen molar-refractivity contribution in [1.82, 2.24) is 20.5 Å². The van der Waals surface area contributed by atoms with E-state index >= 15 is 0 Å². The molecule has 0 fully saturated rings. The van der Waals surface area contributed by atoms with E-state index in [1.54, 1.807) is 29.7 Å². The quantitative estimate of drug-likeness (QED) is 0.643. The van der Waals surface area contributed by atoms with Crippen LogP contribution in [0.1, 0.15) is 28.3 Å². The summed E-state index contributed by atoms with van der Waals surface area (Å²) in [7, 11) is 0. The summed E-state index contributed by atoms with van der Waals surface area (Å²) in [4.78, 5) is 16.5. The second-order valence-electron chi connectivity index (χ2n) is 4.86. The molecule has 2 aromatic heterocycles. The van der Waals surface area contributed by atoms with Crippen molar-refractivity contribution in [2.75, 3.05) is 12.3 Å². The molecule has 4 N–H and O–H groups in total. The second kappa shape index (κ2) is 5.53. The van der Waals surface area contributed by atoms with E-state index in [0.29, 0.717) is 17.9 Å². The fourth-order valence-corrected chi connectivity index (χ4v) is 2.80. The molecule has 6 nitrogen and oxygen atoms in total. The van der Waals surface area contributed by atoms with Crippen molar-refractivity contribution in [1.29, 1.82) is 0 Å². The Morgan fingerprint density at radius 2 is 2.38 bits per heavy atom. The van der Waals surface area contributed by atoms with Crippen LogP contribution in [0.5, 0.6) is 0 Å². The van der Waals surface area contributed by atoms with Gasteiger partial charge in [-0.2, -0.15) is 5.10 Å². The Kier molecular flexibility index (Phi) is 3.57. The Morgan fingerprint density at radius 3 is 3.14 bits per heavy atom. The number of carbonyl (C=O) groups excluding carboxylic acids is 1. The molecule has 108 valence electrons. The molecule has 0 aliphatic heterocycles. The molecular formula is C14H15N5OS. The third kappa shape index (κ3) is 2.73. The number of thiazole rings is 1. The molecule has 0 aliphatic carbocycles. The number of hydrogen-bond acceptors (Lipinski definition) is 5. The lowest BCUT2D eigenvalue weighted by Crippen LogP contribution is -2.27. The molecule has 0 saturated carbocycles. The number of amides is 1. The van der Waals surface area contributed by atoms with Crippen LogP contribution in [0.15, 0.2) is 29.8 Å². The lowest BCUT2D eigenvalue weighted by Gasteiger charge is -2.09. The topological polar surface area (TPSA) is 96.7 Å². The fraction of sp³-hybridized carbons (Fsp3) is 0.214. The zero-order valence-corrected chi connectivity index (χ0v) is 12.3. The Bertz CT molecular complexity index is 765. The predicted octanol–water partition coefficient (Wildman–Crippen LogP) is 2.14. The van der Waals surface area contributed by atoms with E-state index in [2.05, 4.69) is 20.5 Å². The van der Waals surface area contributed by atoms with E-state index in [9.17, 15) is 4.79 Å². The third-order valence-electron chi connectivity index (χ3n) is 3.24. The van der Waals surface area contributed by atoms with Crippen LogP contribution >= 0.6 is 11.3 Å². The summed E-state index contributed by atoms with van der Waals surface area (Å²) >= 11 is 1.58. The van der Waals surface area contributed by atoms with Crippen molar-refractivity contribution >= 4 is 33.8 Å². The summed E-state index contributed by atoms with van der Waals surface area (Å²) in [5.74, 6) is -0.0421. The van der Waals surface area contributed by atoms with Gasteiger partial charge in [0.2, 0.25) is 0 Å². The Morgan fingerprint density at radius 1 is 1.52 bits per heavy atom. The van der Waals surface area contributed by atoms with Crippen molar-refractivity contribution in [3.05, 3.63) is 40.5 Å². The van der Waals surface area contributed by atoms with Crippen LogP contribution in [-0.4, -0.2) is 27.6 Å². The van der Waals surface area contributed by atoms with Gasteiger partial charge in [0.15, 0.2) is 5.69 Å². The number of nitrogen functional groups attached to an aromatic ring is 1. The van der Waals surface area contributed by atoms with Crippen LogP contribution in [0.25, 0.3) is 10.9 Å². The maximum absolute atomic E-state index is 12.3. The normalized spacial score (nSPS) is 12.4. The van der Waals surface area contributed by atoms with Gasteiger partial charge in [-0.25, -0.2) is 4.98 Å². The Balaban J connectivity index is 1.74. The average Bonchev–Trinajstić information content (AvgIpc) is 3.13. The number of anilines is 1. The molecule has 1 atom stereocenters. The molecule has 7 heteroatoms. The van der Waals surface area contributed by atoms with E-state index in [1.165, 1.54) is 0 Å². The standard InChI is InChI=1S/C14H15N5OS/c1-8(14-16-4-5-21-14)7-17-13(20)12-10-6-9(15)2-3-11(10)18-19-12/h2-6,8H,7,15H2,1H3,(H,17,20)(H,18,19). The average molecular weight is 301 g/mol. The van der Waals surface area contributed by atoms with Crippen LogP contribution in [-0.2, 0) is 0 Å². The van der Waals surface area contributed by atoms with E-state index in [0.717, 1.165) is 15.9 Å². The van der Waals surface area contributed by atoms with Crippen molar-refractivity contribution in [3.8, 4) is 0 Å². The number of nitrogens with two attached hydrogens (primary N) is 1. The smallest absolute Gasteiger partial charge is 0.272 e. The number of aromatic nitrogens is 3. The molecule has 21 heavy (non-hydrogen) atoms. The lowest BCUT2D eigenvalue weighted by molar-refractivity contribution is 0.0948. The molecule has 0 saturated heterocycles. The summed E-state index contributed by atoms with van der Waals surface area (Å²) in [5, 5.41) is 13.5. The largest absolute Gasteiger partial charge is 0.399 e. The van der Waals surface area contributed by atoms with Gasteiger partial charge in [-0.15, -0.1) is 11.3 Å². The predicted molar refractivity (Wildman–Crippen MR) is 83.4 cm³/mol. The number of hydrogen-bond donors (Lipinski definition) is 3. The summed E-state index contributed by atoms with van der Waals surface area (Å²) in [6.07, 6.45) is 1.77. The minimum Gasteiger partial charge on any atom is -0.399 e. The summed E-state index contributed by atoms with van der Waals surface area (Å²) in [6.45, 7) is 2.54. The van der Waals surface area contributed by atoms with Gasteiger partial charge in [0, 0.05) is 35.1 Å². The lowest BCUT2D eigenvalue weighted by atomic mass is 10.1. The van der Waals surface area contributed by atoms with Crippen molar-refractivity contribution < 1.29 is 4.79 Å². The van der Waals surface area contributed by atoms with Gasteiger partial charge < -0.3 is 11.1 Å². The number of H-pyrrole nitrogens is 1. The second-order valence-corrected chi connectivity index (χ2v) is 5.78. The molecule has 1 aromatic carbocycles. The van der Waals surface area contributed by atoms with Crippen LogP contribution in [0, 0.1) is 0 Å². The van der Waals surface area contributed by atoms with E-state index < -0.39 is 0 Å². The molecular weight excluding hydrogens is 286 g/mol. The Labute approximate surface area is 125 Å². The molecule has 0 aliphatic rings. The zero-order valence-electron chi connectivity index (χ0n) is 11.5. The molecule has 0 bridgehead atoms. The maximum atomic E-state index is 12.3. The number of fused-ring (bicyclic) bond motifs is 1. The van der Waals surface area contributed by atoms with Crippen molar-refractivity contribution in [2.24, 2.45) is 0 Å². The SMILES string of the molecule is CC(CNC(=O)c1n[nH]c2ccc(N)cc12)c1nccs1. The highest BCUT2D eigenvalue weighted by atomic mass is 32.1. The van der Waals surface area contributed by atoms with Gasteiger partial charge in [-0.1, -0.05) is 6.92 Å². The van der Waals surface area contributed by atoms with Gasteiger partial charge in [-0.05, 0) is 18.2 Å².